The predicted molar refractivity (Wildman–Crippen MR) is 42.1 cm³/mol. The third-order valence-corrected chi connectivity index (χ3v) is 4.65. The van der Waals surface area contributed by atoms with Crippen molar-refractivity contribution in [1.29, 1.82) is 5.26 Å². The lowest BCUT2D eigenvalue weighted by Gasteiger charge is -2.08. The first kappa shape index (κ1) is 11.6. The summed E-state index contributed by atoms with van der Waals surface area (Å²) in [5, 5.41) is 6.79. The molecule has 2 atom stereocenters. The Morgan fingerprint density at radius 2 is 2.07 bits per heavy atom. The van der Waals surface area contributed by atoms with Gasteiger partial charge in [0.1, 0.15) is 0 Å². The van der Waals surface area contributed by atoms with Gasteiger partial charge < -0.3 is 0 Å². The van der Waals surface area contributed by atoms with Crippen molar-refractivity contribution in [2.75, 3.05) is 5.88 Å². The van der Waals surface area contributed by atoms with E-state index in [0.717, 1.165) is 0 Å². The minimum atomic E-state index is -5.30. The van der Waals surface area contributed by atoms with Crippen molar-refractivity contribution in [3.63, 3.8) is 0 Å². The number of rotatable bonds is 2. The van der Waals surface area contributed by atoms with Crippen molar-refractivity contribution in [2.24, 2.45) is 5.41 Å². The van der Waals surface area contributed by atoms with Crippen LogP contribution in [-0.4, -0.2) is 25.1 Å². The Morgan fingerprint density at radius 3 is 2.29 bits per heavy atom. The van der Waals surface area contributed by atoms with Gasteiger partial charge in [-0.3, -0.25) is 0 Å². The van der Waals surface area contributed by atoms with Crippen LogP contribution in [0.15, 0.2) is 0 Å². The number of nitrogens with zero attached hydrogens (tertiary/aromatic N) is 1. The molecule has 3 nitrogen and oxygen atoms in total. The van der Waals surface area contributed by atoms with Crippen molar-refractivity contribution in [3.8, 4) is 6.07 Å². The van der Waals surface area contributed by atoms with E-state index < -0.39 is 31.9 Å². The number of alkyl halides is 4. The Balaban J connectivity index is 2.99. The quantitative estimate of drug-likeness (QED) is 0.694. The molecule has 0 amide bonds. The molecule has 0 aliphatic heterocycles. The van der Waals surface area contributed by atoms with E-state index in [1.807, 2.05) is 0 Å². The highest BCUT2D eigenvalue weighted by Crippen LogP contribution is 2.54. The van der Waals surface area contributed by atoms with Crippen LogP contribution in [0.25, 0.3) is 0 Å². The zero-order valence-corrected chi connectivity index (χ0v) is 8.25. The standard InChI is InChI=1S/C6H5ClF3NO2S/c7-2-5(3-11)1-4(5)14(12,13)6(8,9)10/h4H,1-2H2. The Bertz CT molecular complexity index is 385. The van der Waals surface area contributed by atoms with Gasteiger partial charge in [0, 0.05) is 5.88 Å². The normalized spacial score (nSPS) is 32.4. The Labute approximate surface area is 83.4 Å². The lowest BCUT2D eigenvalue weighted by Crippen LogP contribution is -2.30. The monoisotopic (exact) mass is 247 g/mol. The van der Waals surface area contributed by atoms with Crippen molar-refractivity contribution >= 4 is 21.4 Å². The van der Waals surface area contributed by atoms with Crippen LogP contribution in [0.1, 0.15) is 6.42 Å². The van der Waals surface area contributed by atoms with Crippen molar-refractivity contribution in [1.82, 2.24) is 0 Å². The lowest BCUT2D eigenvalue weighted by molar-refractivity contribution is -0.0439. The lowest BCUT2D eigenvalue weighted by atomic mass is 10.2. The van der Waals surface area contributed by atoms with E-state index in [0.29, 0.717) is 0 Å². The highest BCUT2D eigenvalue weighted by Gasteiger charge is 2.68. The molecule has 0 aromatic carbocycles. The largest absolute Gasteiger partial charge is 0.497 e. The average molecular weight is 248 g/mol. The summed E-state index contributed by atoms with van der Waals surface area (Å²) in [5.41, 5.74) is -6.85. The van der Waals surface area contributed by atoms with Crippen LogP contribution in [0.2, 0.25) is 0 Å². The van der Waals surface area contributed by atoms with Gasteiger partial charge in [-0.25, -0.2) is 8.42 Å². The van der Waals surface area contributed by atoms with E-state index in [4.69, 9.17) is 16.9 Å². The van der Waals surface area contributed by atoms with Gasteiger partial charge in [-0.05, 0) is 6.42 Å². The van der Waals surface area contributed by atoms with E-state index in [-0.39, 0.29) is 6.42 Å². The van der Waals surface area contributed by atoms with Crippen LogP contribution in [0.5, 0.6) is 0 Å². The molecule has 0 heterocycles. The maximum Gasteiger partial charge on any atom is 0.497 e. The van der Waals surface area contributed by atoms with Crippen LogP contribution in [0.4, 0.5) is 13.2 Å². The van der Waals surface area contributed by atoms with Crippen molar-refractivity contribution in [3.05, 3.63) is 0 Å². The second kappa shape index (κ2) is 3.00. The van der Waals surface area contributed by atoms with E-state index >= 15 is 0 Å². The van der Waals surface area contributed by atoms with Crippen LogP contribution in [-0.2, 0) is 9.84 Å². The molecule has 2 unspecified atom stereocenters. The molecule has 1 aliphatic carbocycles. The van der Waals surface area contributed by atoms with Gasteiger partial charge >= 0.3 is 5.51 Å². The van der Waals surface area contributed by atoms with Crippen molar-refractivity contribution < 1.29 is 21.6 Å². The molecular formula is C6H5ClF3NO2S. The van der Waals surface area contributed by atoms with Gasteiger partial charge in [-0.2, -0.15) is 18.4 Å². The maximum absolute atomic E-state index is 12.0. The third kappa shape index (κ3) is 1.46. The van der Waals surface area contributed by atoms with E-state index in [1.165, 1.54) is 6.07 Å². The third-order valence-electron chi connectivity index (χ3n) is 2.16. The fourth-order valence-corrected chi connectivity index (χ4v) is 3.14. The van der Waals surface area contributed by atoms with Crippen LogP contribution < -0.4 is 0 Å². The molecule has 0 aromatic heterocycles. The molecule has 1 fully saturated rings. The summed E-state index contributed by atoms with van der Waals surface area (Å²) in [7, 11) is -5.24. The van der Waals surface area contributed by atoms with Gasteiger partial charge in [-0.1, -0.05) is 0 Å². The molecule has 0 N–H and O–H groups in total. The molecule has 1 aliphatic rings. The van der Waals surface area contributed by atoms with Gasteiger partial charge in [0.2, 0.25) is 0 Å². The van der Waals surface area contributed by atoms with Gasteiger partial charge in [0.15, 0.2) is 0 Å². The van der Waals surface area contributed by atoms with Crippen LogP contribution in [0, 0.1) is 16.7 Å². The molecule has 80 valence electrons. The summed E-state index contributed by atoms with van der Waals surface area (Å²) in [6.45, 7) is 0. The minimum absolute atomic E-state index is 0.338. The number of nitriles is 1. The molecule has 1 rings (SSSR count). The first-order valence-electron chi connectivity index (χ1n) is 3.49. The molecular weight excluding hydrogens is 243 g/mol. The molecule has 0 spiro atoms. The molecule has 1 saturated carbocycles. The fourth-order valence-electron chi connectivity index (χ4n) is 1.13. The van der Waals surface area contributed by atoms with Gasteiger partial charge in [0.25, 0.3) is 9.84 Å². The summed E-state index contributed by atoms with van der Waals surface area (Å²) in [4.78, 5) is 0. The Hall–Kier alpha value is -0.480. The Kier molecular flexibility index (Phi) is 2.49. The fraction of sp³-hybridized carbons (Fsp3) is 0.833. The first-order chi connectivity index (χ1) is 6.21. The van der Waals surface area contributed by atoms with E-state index in [2.05, 4.69) is 0 Å². The topological polar surface area (TPSA) is 57.9 Å². The predicted octanol–water partition coefficient (Wildman–Crippen LogP) is 1.44. The summed E-state index contributed by atoms with van der Waals surface area (Å²) in [5.74, 6) is -0.399. The number of hydrogen-bond donors (Lipinski definition) is 0. The van der Waals surface area contributed by atoms with Crippen LogP contribution in [0.3, 0.4) is 0 Å². The van der Waals surface area contributed by atoms with Crippen LogP contribution >= 0.6 is 11.6 Å². The average Bonchev–Trinajstić information content (AvgIpc) is 2.78. The first-order valence-corrected chi connectivity index (χ1v) is 5.57. The second-order valence-corrected chi connectivity index (χ2v) is 5.47. The zero-order valence-electron chi connectivity index (χ0n) is 6.68. The maximum atomic E-state index is 12.0. The number of sulfone groups is 1. The highest BCUT2D eigenvalue weighted by molar-refractivity contribution is 7.93. The zero-order chi connectivity index (χ0) is 11.2. The summed E-state index contributed by atoms with van der Waals surface area (Å²) >= 11 is 5.25. The summed E-state index contributed by atoms with van der Waals surface area (Å²) in [6, 6.07) is 1.52. The number of halogens is 4. The number of hydrogen-bond acceptors (Lipinski definition) is 3. The van der Waals surface area contributed by atoms with E-state index in [1.54, 1.807) is 0 Å². The second-order valence-electron chi connectivity index (χ2n) is 3.09. The SMILES string of the molecule is N#CC1(CCl)CC1S(=O)(=O)C(F)(F)F. The Morgan fingerprint density at radius 1 is 1.57 bits per heavy atom. The van der Waals surface area contributed by atoms with E-state index in [9.17, 15) is 21.6 Å². The minimum Gasteiger partial charge on any atom is -0.219 e. The smallest absolute Gasteiger partial charge is 0.219 e. The van der Waals surface area contributed by atoms with Gasteiger partial charge in [0.05, 0.1) is 16.7 Å². The molecule has 14 heavy (non-hydrogen) atoms. The molecule has 0 aromatic rings. The summed E-state index contributed by atoms with van der Waals surface area (Å²) in [6.07, 6.45) is -0.338. The molecule has 0 saturated heterocycles. The summed E-state index contributed by atoms with van der Waals surface area (Å²) < 4.78 is 57.6. The molecule has 8 heteroatoms. The van der Waals surface area contributed by atoms with Crippen molar-refractivity contribution in [2.45, 2.75) is 17.2 Å². The highest BCUT2D eigenvalue weighted by atomic mass is 35.5. The van der Waals surface area contributed by atoms with Gasteiger partial charge in [-0.15, -0.1) is 11.6 Å². The molecule has 0 bridgehead atoms. The molecule has 0 radical (unpaired) electrons.